The van der Waals surface area contributed by atoms with Gasteiger partial charge in [-0.05, 0) is 41.8 Å². The molecule has 2 aromatic carbocycles. The van der Waals surface area contributed by atoms with Crippen molar-refractivity contribution >= 4 is 26.7 Å². The van der Waals surface area contributed by atoms with Gasteiger partial charge in [-0.15, -0.1) is 0 Å². The van der Waals surface area contributed by atoms with Crippen molar-refractivity contribution in [1.82, 2.24) is 10.3 Å². The second-order valence-corrected chi connectivity index (χ2v) is 6.40. The molecule has 0 aliphatic heterocycles. The molecule has 0 atom stereocenters. The molecule has 0 radical (unpaired) electrons. The van der Waals surface area contributed by atoms with E-state index in [1.54, 1.807) is 0 Å². The van der Waals surface area contributed by atoms with E-state index >= 15 is 0 Å². The van der Waals surface area contributed by atoms with E-state index in [2.05, 4.69) is 62.6 Å². The summed E-state index contributed by atoms with van der Waals surface area (Å²) < 4.78 is 6.93. The average Bonchev–Trinajstić information content (AvgIpc) is 3.21. The topological polar surface area (TPSA) is 38.1 Å². The molecule has 21 heavy (non-hydrogen) atoms. The summed E-state index contributed by atoms with van der Waals surface area (Å²) in [6.45, 7) is 0.713. The summed E-state index contributed by atoms with van der Waals surface area (Å²) in [7, 11) is 0. The van der Waals surface area contributed by atoms with Crippen molar-refractivity contribution in [2.75, 3.05) is 0 Å². The molecule has 3 aromatic rings. The van der Waals surface area contributed by atoms with Crippen molar-refractivity contribution in [3.05, 3.63) is 53.0 Å². The van der Waals surface area contributed by atoms with Crippen LogP contribution in [0.4, 0.5) is 0 Å². The number of halogens is 1. The van der Waals surface area contributed by atoms with Crippen LogP contribution >= 0.6 is 15.9 Å². The molecule has 1 N–H and O–H groups in total. The highest BCUT2D eigenvalue weighted by Gasteiger charge is 2.21. The van der Waals surface area contributed by atoms with E-state index in [1.165, 1.54) is 23.6 Å². The number of benzene rings is 2. The minimum Gasteiger partial charge on any atom is -0.439 e. The Morgan fingerprint density at radius 1 is 1.14 bits per heavy atom. The van der Waals surface area contributed by atoms with Gasteiger partial charge in [0, 0.05) is 16.1 Å². The first-order chi connectivity index (χ1) is 10.3. The van der Waals surface area contributed by atoms with E-state index in [4.69, 9.17) is 4.42 Å². The summed E-state index contributed by atoms with van der Waals surface area (Å²) in [5.74, 6) is 1.58. The Hall–Kier alpha value is -1.65. The second-order valence-electron chi connectivity index (χ2n) is 5.48. The maximum absolute atomic E-state index is 5.84. The number of nitrogens with one attached hydrogen (secondary N) is 1. The molecule has 0 saturated heterocycles. The molecule has 106 valence electrons. The third-order valence-corrected chi connectivity index (χ3v) is 4.25. The fraction of sp³-hybridized carbons (Fsp3) is 0.235. The van der Waals surface area contributed by atoms with Crippen LogP contribution < -0.4 is 5.32 Å². The number of aromatic nitrogens is 1. The van der Waals surface area contributed by atoms with Crippen LogP contribution in [0.5, 0.6) is 0 Å². The van der Waals surface area contributed by atoms with Gasteiger partial charge in [-0.2, -0.15) is 0 Å². The van der Waals surface area contributed by atoms with Crippen molar-refractivity contribution in [2.24, 2.45) is 0 Å². The van der Waals surface area contributed by atoms with E-state index in [1.807, 2.05) is 6.20 Å². The third kappa shape index (κ3) is 2.87. The van der Waals surface area contributed by atoms with E-state index in [-0.39, 0.29) is 0 Å². The first kappa shape index (κ1) is 13.0. The molecule has 0 unspecified atom stereocenters. The number of nitrogens with zero attached hydrogens (tertiary/aromatic N) is 1. The quantitative estimate of drug-likeness (QED) is 0.757. The molecule has 0 amide bonds. The number of hydrogen-bond donors (Lipinski definition) is 1. The van der Waals surface area contributed by atoms with Gasteiger partial charge < -0.3 is 9.73 Å². The Balaban J connectivity index is 1.61. The predicted molar refractivity (Wildman–Crippen MR) is 87.0 cm³/mol. The van der Waals surface area contributed by atoms with Gasteiger partial charge >= 0.3 is 0 Å². The highest BCUT2D eigenvalue weighted by Crippen LogP contribution is 2.27. The first-order valence-corrected chi connectivity index (χ1v) is 7.95. The summed E-state index contributed by atoms with van der Waals surface area (Å²) in [6, 6.07) is 13.3. The summed E-state index contributed by atoms with van der Waals surface area (Å²) in [6.07, 6.45) is 4.35. The smallest absolute Gasteiger partial charge is 0.208 e. The molecule has 4 heteroatoms. The van der Waals surface area contributed by atoms with Crippen LogP contribution in [0.1, 0.15) is 18.7 Å². The van der Waals surface area contributed by atoms with Crippen LogP contribution in [0.25, 0.3) is 22.1 Å². The fourth-order valence-electron chi connectivity index (χ4n) is 2.41. The van der Waals surface area contributed by atoms with Gasteiger partial charge in [0.05, 0.1) is 12.7 Å². The van der Waals surface area contributed by atoms with E-state index < -0.39 is 0 Å². The molecule has 1 fully saturated rings. The number of rotatable bonds is 4. The predicted octanol–water partition coefficient (Wildman–Crippen LogP) is 4.51. The summed E-state index contributed by atoms with van der Waals surface area (Å²) >= 11 is 3.50. The zero-order valence-electron chi connectivity index (χ0n) is 11.5. The molecule has 0 spiro atoms. The monoisotopic (exact) mass is 342 g/mol. The van der Waals surface area contributed by atoms with Crippen molar-refractivity contribution in [3.8, 4) is 11.3 Å². The van der Waals surface area contributed by atoms with Crippen molar-refractivity contribution < 1.29 is 4.42 Å². The minimum atomic E-state index is 0.666. The molecule has 4 rings (SSSR count). The van der Waals surface area contributed by atoms with Gasteiger partial charge in [0.1, 0.15) is 0 Å². The zero-order valence-corrected chi connectivity index (χ0v) is 13.1. The third-order valence-electron chi connectivity index (χ3n) is 3.76. The van der Waals surface area contributed by atoms with Crippen molar-refractivity contribution in [1.29, 1.82) is 0 Å². The minimum absolute atomic E-state index is 0.666. The van der Waals surface area contributed by atoms with Crippen LogP contribution in [0.15, 0.2) is 51.5 Å². The summed E-state index contributed by atoms with van der Waals surface area (Å²) in [4.78, 5) is 4.35. The van der Waals surface area contributed by atoms with Crippen LogP contribution in [0.3, 0.4) is 0 Å². The average molecular weight is 343 g/mol. The van der Waals surface area contributed by atoms with Gasteiger partial charge in [0.2, 0.25) is 5.89 Å². The Labute approximate surface area is 131 Å². The van der Waals surface area contributed by atoms with Gasteiger partial charge in [0.25, 0.3) is 0 Å². The molecular weight excluding hydrogens is 328 g/mol. The molecule has 0 bridgehead atoms. The lowest BCUT2D eigenvalue weighted by molar-refractivity contribution is 0.477. The number of hydrogen-bond acceptors (Lipinski definition) is 3. The van der Waals surface area contributed by atoms with E-state index in [0.29, 0.717) is 12.6 Å². The molecule has 1 saturated carbocycles. The van der Waals surface area contributed by atoms with Crippen LogP contribution in [-0.2, 0) is 6.54 Å². The first-order valence-electron chi connectivity index (χ1n) is 7.16. The number of fused-ring (bicyclic) bond motifs is 1. The molecule has 1 heterocycles. The summed E-state index contributed by atoms with van der Waals surface area (Å²) in [5, 5.41) is 5.82. The molecule has 1 aromatic heterocycles. The van der Waals surface area contributed by atoms with Crippen molar-refractivity contribution in [2.45, 2.75) is 25.4 Å². The van der Waals surface area contributed by atoms with Gasteiger partial charge in [-0.25, -0.2) is 4.98 Å². The van der Waals surface area contributed by atoms with E-state index in [0.717, 1.165) is 21.7 Å². The van der Waals surface area contributed by atoms with Crippen LogP contribution in [0.2, 0.25) is 0 Å². The highest BCUT2D eigenvalue weighted by molar-refractivity contribution is 9.10. The maximum Gasteiger partial charge on any atom is 0.208 e. The zero-order chi connectivity index (χ0) is 14.2. The Bertz CT molecular complexity index is 792. The largest absolute Gasteiger partial charge is 0.439 e. The summed E-state index contributed by atoms with van der Waals surface area (Å²) in [5.41, 5.74) is 1.06. The molecule has 1 aliphatic carbocycles. The van der Waals surface area contributed by atoms with Gasteiger partial charge in [-0.1, -0.05) is 34.1 Å². The normalized spacial score (nSPS) is 14.7. The van der Waals surface area contributed by atoms with Crippen molar-refractivity contribution in [3.63, 3.8) is 0 Å². The number of oxazole rings is 1. The lowest BCUT2D eigenvalue weighted by Gasteiger charge is -2.02. The maximum atomic E-state index is 5.84. The Kier molecular flexibility index (Phi) is 3.28. The standard InChI is InChI=1S/C17H15BrN2O/c18-14-4-3-11-7-13(2-1-12(11)8-14)16-9-20-17(21-16)10-19-15-5-6-15/h1-4,7-9,15,19H,5-6,10H2. The van der Waals surface area contributed by atoms with E-state index in [9.17, 15) is 0 Å². The van der Waals surface area contributed by atoms with Crippen LogP contribution in [-0.4, -0.2) is 11.0 Å². The second kappa shape index (κ2) is 5.28. The van der Waals surface area contributed by atoms with Gasteiger partial charge in [-0.3, -0.25) is 0 Å². The Morgan fingerprint density at radius 2 is 1.95 bits per heavy atom. The Morgan fingerprint density at radius 3 is 2.81 bits per heavy atom. The molecular formula is C17H15BrN2O. The van der Waals surface area contributed by atoms with Crippen LogP contribution in [0, 0.1) is 0 Å². The molecule has 1 aliphatic rings. The van der Waals surface area contributed by atoms with Gasteiger partial charge in [0.15, 0.2) is 5.76 Å². The lowest BCUT2D eigenvalue weighted by Crippen LogP contribution is -2.15. The SMILES string of the molecule is Brc1ccc2cc(-c3cnc(CNC4CC4)o3)ccc2c1. The fourth-order valence-corrected chi connectivity index (χ4v) is 2.79. The molecule has 3 nitrogen and oxygen atoms in total. The highest BCUT2D eigenvalue weighted by atomic mass is 79.9. The lowest BCUT2D eigenvalue weighted by atomic mass is 10.1.